The smallest absolute Gasteiger partial charge is 0.274 e. The fraction of sp³-hybridized carbons (Fsp3) is 0.350. The number of ether oxygens (including phenoxy) is 1. The third kappa shape index (κ3) is 4.02. The first-order valence-electron chi connectivity index (χ1n) is 8.77. The van der Waals surface area contributed by atoms with Gasteiger partial charge in [-0.15, -0.1) is 0 Å². The summed E-state index contributed by atoms with van der Waals surface area (Å²) in [4.78, 5) is 12.6. The molecule has 142 valence electrons. The summed E-state index contributed by atoms with van der Waals surface area (Å²) in [6.45, 7) is 8.32. The number of hydrogen-bond donors (Lipinski definition) is 1. The van der Waals surface area contributed by atoms with Crippen LogP contribution in [0.15, 0.2) is 28.9 Å². The van der Waals surface area contributed by atoms with E-state index in [0.717, 1.165) is 28.1 Å². The SMILES string of the molecule is Cc1ccc(C)c(OCc2c(C(=O)NCc3cnn(C)c3C)noc2C)c1. The van der Waals surface area contributed by atoms with Gasteiger partial charge in [0.25, 0.3) is 5.91 Å². The van der Waals surface area contributed by atoms with Gasteiger partial charge in [-0.1, -0.05) is 17.3 Å². The van der Waals surface area contributed by atoms with E-state index in [1.54, 1.807) is 17.8 Å². The molecule has 2 aromatic heterocycles. The predicted octanol–water partition coefficient (Wildman–Crippen LogP) is 3.15. The van der Waals surface area contributed by atoms with Crippen molar-refractivity contribution < 1.29 is 14.1 Å². The normalized spacial score (nSPS) is 10.9. The Hall–Kier alpha value is -3.09. The molecule has 1 aromatic carbocycles. The molecule has 0 saturated carbocycles. The third-order valence-electron chi connectivity index (χ3n) is 4.69. The lowest BCUT2D eigenvalue weighted by molar-refractivity contribution is 0.0939. The number of nitrogens with zero attached hydrogens (tertiary/aromatic N) is 3. The molecule has 7 nitrogen and oxygen atoms in total. The molecule has 0 fully saturated rings. The van der Waals surface area contributed by atoms with E-state index >= 15 is 0 Å². The summed E-state index contributed by atoms with van der Waals surface area (Å²) in [6.07, 6.45) is 1.74. The molecule has 1 amide bonds. The molecule has 1 N–H and O–H groups in total. The first-order chi connectivity index (χ1) is 12.9. The van der Waals surface area contributed by atoms with Gasteiger partial charge in [0.1, 0.15) is 18.1 Å². The van der Waals surface area contributed by atoms with Crippen LogP contribution in [0, 0.1) is 27.7 Å². The number of carbonyl (C=O) groups excluding carboxylic acids is 1. The highest BCUT2D eigenvalue weighted by atomic mass is 16.5. The van der Waals surface area contributed by atoms with Crippen LogP contribution >= 0.6 is 0 Å². The van der Waals surface area contributed by atoms with Crippen LogP contribution < -0.4 is 10.1 Å². The standard InChI is InChI=1S/C20H24N4O3/c1-12-6-7-13(2)18(8-12)26-11-17-15(4)27-23-19(17)20(25)21-9-16-10-22-24(5)14(16)3/h6-8,10H,9,11H2,1-5H3,(H,21,25). The number of nitrogens with one attached hydrogen (secondary N) is 1. The van der Waals surface area contributed by atoms with Crippen LogP contribution in [0.25, 0.3) is 0 Å². The zero-order valence-corrected chi connectivity index (χ0v) is 16.3. The van der Waals surface area contributed by atoms with Gasteiger partial charge in [-0.05, 0) is 44.9 Å². The lowest BCUT2D eigenvalue weighted by Crippen LogP contribution is -2.24. The van der Waals surface area contributed by atoms with Crippen molar-refractivity contribution in [3.63, 3.8) is 0 Å². The zero-order chi connectivity index (χ0) is 19.6. The number of rotatable bonds is 6. The Morgan fingerprint density at radius 2 is 2.04 bits per heavy atom. The third-order valence-corrected chi connectivity index (χ3v) is 4.69. The Kier molecular flexibility index (Phi) is 5.30. The van der Waals surface area contributed by atoms with Crippen LogP contribution in [0.3, 0.4) is 0 Å². The van der Waals surface area contributed by atoms with E-state index in [-0.39, 0.29) is 18.2 Å². The van der Waals surface area contributed by atoms with Crippen molar-refractivity contribution in [1.82, 2.24) is 20.3 Å². The molecular weight excluding hydrogens is 344 g/mol. The second kappa shape index (κ2) is 7.65. The summed E-state index contributed by atoms with van der Waals surface area (Å²) in [5.41, 5.74) is 5.01. The van der Waals surface area contributed by atoms with Gasteiger partial charge in [-0.3, -0.25) is 9.48 Å². The monoisotopic (exact) mass is 368 g/mol. The number of amides is 1. The Morgan fingerprint density at radius 3 is 2.74 bits per heavy atom. The first-order valence-corrected chi connectivity index (χ1v) is 8.77. The highest BCUT2D eigenvalue weighted by Crippen LogP contribution is 2.22. The van der Waals surface area contributed by atoms with Crippen molar-refractivity contribution in [2.45, 2.75) is 40.8 Å². The zero-order valence-electron chi connectivity index (χ0n) is 16.3. The fourth-order valence-corrected chi connectivity index (χ4v) is 2.73. The van der Waals surface area contributed by atoms with Crippen LogP contribution in [-0.2, 0) is 20.2 Å². The van der Waals surface area contributed by atoms with Crippen LogP contribution in [0.4, 0.5) is 0 Å². The second-order valence-corrected chi connectivity index (χ2v) is 6.69. The molecule has 3 aromatic rings. The Balaban J connectivity index is 1.71. The minimum Gasteiger partial charge on any atom is -0.488 e. The fourth-order valence-electron chi connectivity index (χ4n) is 2.73. The van der Waals surface area contributed by atoms with Gasteiger partial charge in [0.05, 0.1) is 11.8 Å². The van der Waals surface area contributed by atoms with Gasteiger partial charge < -0.3 is 14.6 Å². The summed E-state index contributed by atoms with van der Waals surface area (Å²) in [7, 11) is 1.87. The summed E-state index contributed by atoms with van der Waals surface area (Å²) in [5.74, 6) is 1.06. The summed E-state index contributed by atoms with van der Waals surface area (Å²) in [6, 6.07) is 6.02. The van der Waals surface area contributed by atoms with Crippen LogP contribution in [-0.4, -0.2) is 20.8 Å². The van der Waals surface area contributed by atoms with Crippen LogP contribution in [0.1, 0.15) is 44.2 Å². The summed E-state index contributed by atoms with van der Waals surface area (Å²) >= 11 is 0. The lowest BCUT2D eigenvalue weighted by atomic mass is 10.1. The maximum absolute atomic E-state index is 12.6. The Bertz CT molecular complexity index is 972. The maximum Gasteiger partial charge on any atom is 0.274 e. The van der Waals surface area contributed by atoms with E-state index in [0.29, 0.717) is 17.9 Å². The van der Waals surface area contributed by atoms with E-state index in [1.807, 2.05) is 46.0 Å². The second-order valence-electron chi connectivity index (χ2n) is 6.69. The average Bonchev–Trinajstić information content (AvgIpc) is 3.17. The van der Waals surface area contributed by atoms with Gasteiger partial charge in [0, 0.05) is 24.8 Å². The molecule has 0 aliphatic rings. The molecule has 0 radical (unpaired) electrons. The minimum atomic E-state index is -0.297. The Morgan fingerprint density at radius 1 is 1.26 bits per heavy atom. The van der Waals surface area contributed by atoms with E-state index in [1.165, 1.54) is 0 Å². The molecule has 3 rings (SSSR count). The Labute approximate surface area is 158 Å². The molecule has 0 bridgehead atoms. The summed E-state index contributed by atoms with van der Waals surface area (Å²) in [5, 5.41) is 11.0. The molecule has 2 heterocycles. The molecular formula is C20H24N4O3. The molecule has 7 heteroatoms. The quantitative estimate of drug-likeness (QED) is 0.723. The largest absolute Gasteiger partial charge is 0.488 e. The average molecular weight is 368 g/mol. The van der Waals surface area contributed by atoms with Crippen molar-refractivity contribution >= 4 is 5.91 Å². The lowest BCUT2D eigenvalue weighted by Gasteiger charge is -2.10. The highest BCUT2D eigenvalue weighted by molar-refractivity contribution is 5.93. The van der Waals surface area contributed by atoms with E-state index in [9.17, 15) is 4.79 Å². The van der Waals surface area contributed by atoms with Crippen molar-refractivity contribution in [2.75, 3.05) is 0 Å². The van der Waals surface area contributed by atoms with Crippen molar-refractivity contribution in [1.29, 1.82) is 0 Å². The molecule has 0 unspecified atom stereocenters. The van der Waals surface area contributed by atoms with Gasteiger partial charge in [0.2, 0.25) is 0 Å². The first kappa shape index (κ1) is 18.7. The molecule has 0 spiro atoms. The minimum absolute atomic E-state index is 0.217. The molecule has 0 saturated heterocycles. The topological polar surface area (TPSA) is 82.2 Å². The number of benzene rings is 1. The van der Waals surface area contributed by atoms with E-state index in [2.05, 4.69) is 15.6 Å². The van der Waals surface area contributed by atoms with Crippen molar-refractivity contribution in [3.05, 3.63) is 63.8 Å². The number of aryl methyl sites for hydroxylation is 4. The molecule has 27 heavy (non-hydrogen) atoms. The van der Waals surface area contributed by atoms with E-state index in [4.69, 9.17) is 9.26 Å². The van der Waals surface area contributed by atoms with Gasteiger partial charge >= 0.3 is 0 Å². The number of hydrogen-bond acceptors (Lipinski definition) is 5. The van der Waals surface area contributed by atoms with Gasteiger partial charge in [-0.2, -0.15) is 5.10 Å². The molecule has 0 atom stereocenters. The van der Waals surface area contributed by atoms with Crippen molar-refractivity contribution in [2.24, 2.45) is 7.05 Å². The maximum atomic E-state index is 12.6. The van der Waals surface area contributed by atoms with Crippen LogP contribution in [0.5, 0.6) is 5.75 Å². The van der Waals surface area contributed by atoms with Crippen LogP contribution in [0.2, 0.25) is 0 Å². The van der Waals surface area contributed by atoms with Gasteiger partial charge in [-0.25, -0.2) is 0 Å². The summed E-state index contributed by atoms with van der Waals surface area (Å²) < 4.78 is 12.9. The van der Waals surface area contributed by atoms with E-state index < -0.39 is 0 Å². The molecule has 0 aliphatic heterocycles. The highest BCUT2D eigenvalue weighted by Gasteiger charge is 2.21. The van der Waals surface area contributed by atoms with Crippen molar-refractivity contribution in [3.8, 4) is 5.75 Å². The van der Waals surface area contributed by atoms with Gasteiger partial charge in [0.15, 0.2) is 5.69 Å². The molecule has 0 aliphatic carbocycles. The number of carbonyl (C=O) groups is 1. The predicted molar refractivity (Wildman–Crippen MR) is 101 cm³/mol. The number of aromatic nitrogens is 3.